The van der Waals surface area contributed by atoms with Gasteiger partial charge in [-0.2, -0.15) is 0 Å². The van der Waals surface area contributed by atoms with Gasteiger partial charge in [0.2, 0.25) is 0 Å². The SMILES string of the molecule is COc1ccc(Br)cc1CC(=O)C1(N)CCOCC1. The Hall–Kier alpha value is -0.910. The van der Waals surface area contributed by atoms with Crippen molar-refractivity contribution >= 4 is 21.7 Å². The van der Waals surface area contributed by atoms with Gasteiger partial charge in [-0.1, -0.05) is 15.9 Å². The van der Waals surface area contributed by atoms with Crippen LogP contribution in [0.15, 0.2) is 22.7 Å². The summed E-state index contributed by atoms with van der Waals surface area (Å²) >= 11 is 3.41. The third-order valence-corrected chi connectivity index (χ3v) is 4.03. The van der Waals surface area contributed by atoms with Crippen molar-refractivity contribution in [2.75, 3.05) is 20.3 Å². The summed E-state index contributed by atoms with van der Waals surface area (Å²) < 4.78 is 11.5. The highest BCUT2D eigenvalue weighted by atomic mass is 79.9. The van der Waals surface area contributed by atoms with Gasteiger partial charge in [0.05, 0.1) is 12.6 Å². The second-order valence-electron chi connectivity index (χ2n) is 4.82. The minimum Gasteiger partial charge on any atom is -0.496 e. The van der Waals surface area contributed by atoms with E-state index in [1.54, 1.807) is 7.11 Å². The molecular weight excluding hydrogens is 310 g/mol. The number of carbonyl (C=O) groups is 1. The van der Waals surface area contributed by atoms with Crippen molar-refractivity contribution in [1.29, 1.82) is 0 Å². The number of halogens is 1. The first kappa shape index (κ1) is 14.5. The summed E-state index contributed by atoms with van der Waals surface area (Å²) in [5, 5.41) is 0. The number of carbonyl (C=O) groups excluding carboxylic acids is 1. The van der Waals surface area contributed by atoms with Crippen molar-refractivity contribution < 1.29 is 14.3 Å². The maximum absolute atomic E-state index is 12.4. The van der Waals surface area contributed by atoms with Gasteiger partial charge in [0.1, 0.15) is 5.75 Å². The standard InChI is InChI=1S/C14H18BrNO3/c1-18-12-3-2-11(15)8-10(12)9-13(17)14(16)4-6-19-7-5-14/h2-3,8H,4-7,9,16H2,1H3. The van der Waals surface area contributed by atoms with E-state index in [0.717, 1.165) is 10.0 Å². The Balaban J connectivity index is 2.16. The molecule has 2 rings (SSSR count). The average Bonchev–Trinajstić information content (AvgIpc) is 2.40. The Morgan fingerprint density at radius 1 is 1.47 bits per heavy atom. The van der Waals surface area contributed by atoms with Gasteiger partial charge in [-0.15, -0.1) is 0 Å². The first-order valence-corrected chi connectivity index (χ1v) is 7.07. The molecule has 0 spiro atoms. The Morgan fingerprint density at radius 3 is 2.79 bits per heavy atom. The van der Waals surface area contributed by atoms with Gasteiger partial charge >= 0.3 is 0 Å². The summed E-state index contributed by atoms with van der Waals surface area (Å²) in [6, 6.07) is 5.64. The zero-order valence-electron chi connectivity index (χ0n) is 10.9. The van der Waals surface area contributed by atoms with Crippen molar-refractivity contribution in [3.05, 3.63) is 28.2 Å². The summed E-state index contributed by atoms with van der Waals surface area (Å²) in [4.78, 5) is 12.4. The van der Waals surface area contributed by atoms with E-state index >= 15 is 0 Å². The van der Waals surface area contributed by atoms with Crippen LogP contribution < -0.4 is 10.5 Å². The number of rotatable bonds is 4. The zero-order valence-corrected chi connectivity index (χ0v) is 12.5. The van der Waals surface area contributed by atoms with Crippen LogP contribution in [0.4, 0.5) is 0 Å². The molecule has 1 fully saturated rings. The third-order valence-electron chi connectivity index (χ3n) is 3.53. The summed E-state index contributed by atoms with van der Waals surface area (Å²) in [7, 11) is 1.60. The molecule has 0 saturated carbocycles. The Bertz CT molecular complexity index is 470. The number of Topliss-reactive ketones (excluding diaryl/α,β-unsaturated/α-hetero) is 1. The van der Waals surface area contributed by atoms with Crippen molar-refractivity contribution in [1.82, 2.24) is 0 Å². The molecule has 0 unspecified atom stereocenters. The Morgan fingerprint density at radius 2 is 2.16 bits per heavy atom. The van der Waals surface area contributed by atoms with Crippen molar-refractivity contribution in [3.8, 4) is 5.75 Å². The Kier molecular flexibility index (Phi) is 4.60. The van der Waals surface area contributed by atoms with E-state index in [1.165, 1.54) is 0 Å². The lowest BCUT2D eigenvalue weighted by Gasteiger charge is -2.32. The predicted molar refractivity (Wildman–Crippen MR) is 76.4 cm³/mol. The molecule has 104 valence electrons. The highest BCUT2D eigenvalue weighted by molar-refractivity contribution is 9.10. The molecule has 1 saturated heterocycles. The molecule has 0 aliphatic carbocycles. The van der Waals surface area contributed by atoms with Crippen molar-refractivity contribution in [2.45, 2.75) is 24.8 Å². The highest BCUT2D eigenvalue weighted by Crippen LogP contribution is 2.27. The van der Waals surface area contributed by atoms with Gasteiger partial charge in [-0.3, -0.25) is 4.79 Å². The molecule has 0 radical (unpaired) electrons. The first-order valence-electron chi connectivity index (χ1n) is 6.27. The summed E-state index contributed by atoms with van der Waals surface area (Å²) in [5.74, 6) is 0.763. The van der Waals surface area contributed by atoms with E-state index in [1.807, 2.05) is 18.2 Å². The molecule has 1 aromatic rings. The van der Waals surface area contributed by atoms with Crippen LogP contribution in [0.5, 0.6) is 5.75 Å². The summed E-state index contributed by atoms with van der Waals surface area (Å²) in [6.07, 6.45) is 1.46. The maximum Gasteiger partial charge on any atom is 0.157 e. The van der Waals surface area contributed by atoms with Crippen LogP contribution in [0, 0.1) is 0 Å². The van der Waals surface area contributed by atoms with Crippen LogP contribution in [0.1, 0.15) is 18.4 Å². The lowest BCUT2D eigenvalue weighted by atomic mass is 9.84. The van der Waals surface area contributed by atoms with Crippen LogP contribution in [0.3, 0.4) is 0 Å². The highest BCUT2D eigenvalue weighted by Gasteiger charge is 2.35. The van der Waals surface area contributed by atoms with E-state index in [0.29, 0.717) is 38.2 Å². The van der Waals surface area contributed by atoms with Gasteiger partial charge in [-0.05, 0) is 31.0 Å². The number of benzene rings is 1. The average molecular weight is 328 g/mol. The van der Waals surface area contributed by atoms with Gasteiger partial charge < -0.3 is 15.2 Å². The minimum absolute atomic E-state index is 0.0483. The van der Waals surface area contributed by atoms with Gasteiger partial charge in [-0.25, -0.2) is 0 Å². The van der Waals surface area contributed by atoms with E-state index < -0.39 is 5.54 Å². The monoisotopic (exact) mass is 327 g/mol. The number of ether oxygens (including phenoxy) is 2. The van der Waals surface area contributed by atoms with E-state index in [4.69, 9.17) is 15.2 Å². The summed E-state index contributed by atoms with van der Waals surface area (Å²) in [5.41, 5.74) is 6.30. The second kappa shape index (κ2) is 6.03. The molecule has 4 nitrogen and oxygen atoms in total. The van der Waals surface area contributed by atoms with Crippen LogP contribution in [0.25, 0.3) is 0 Å². The topological polar surface area (TPSA) is 61.5 Å². The van der Waals surface area contributed by atoms with E-state index in [9.17, 15) is 4.79 Å². The molecule has 0 atom stereocenters. The van der Waals surface area contributed by atoms with Crippen LogP contribution in [0.2, 0.25) is 0 Å². The number of methoxy groups -OCH3 is 1. The number of hydrogen-bond acceptors (Lipinski definition) is 4. The lowest BCUT2D eigenvalue weighted by Crippen LogP contribution is -2.52. The maximum atomic E-state index is 12.4. The molecule has 2 N–H and O–H groups in total. The normalized spacial score (nSPS) is 18.1. The molecule has 1 aromatic carbocycles. The molecular formula is C14H18BrNO3. The second-order valence-corrected chi connectivity index (χ2v) is 5.74. The van der Waals surface area contributed by atoms with Gasteiger partial charge in [0, 0.05) is 29.7 Å². The smallest absolute Gasteiger partial charge is 0.157 e. The molecule has 19 heavy (non-hydrogen) atoms. The van der Waals surface area contributed by atoms with E-state index in [-0.39, 0.29) is 5.78 Å². The molecule has 0 aromatic heterocycles. The van der Waals surface area contributed by atoms with Gasteiger partial charge in [0.15, 0.2) is 5.78 Å². The van der Waals surface area contributed by atoms with E-state index in [2.05, 4.69) is 15.9 Å². The van der Waals surface area contributed by atoms with Crippen molar-refractivity contribution in [2.24, 2.45) is 5.73 Å². The molecule has 1 heterocycles. The van der Waals surface area contributed by atoms with Crippen LogP contribution >= 0.6 is 15.9 Å². The van der Waals surface area contributed by atoms with Crippen LogP contribution in [-0.4, -0.2) is 31.6 Å². The Labute approximate surface area is 121 Å². The number of hydrogen-bond donors (Lipinski definition) is 1. The molecule has 0 bridgehead atoms. The molecule has 0 amide bonds. The fraction of sp³-hybridized carbons (Fsp3) is 0.500. The quantitative estimate of drug-likeness (QED) is 0.919. The summed E-state index contributed by atoms with van der Waals surface area (Å²) in [6.45, 7) is 1.11. The fourth-order valence-electron chi connectivity index (χ4n) is 2.25. The third kappa shape index (κ3) is 3.35. The zero-order chi connectivity index (χ0) is 13.9. The largest absolute Gasteiger partial charge is 0.496 e. The van der Waals surface area contributed by atoms with Gasteiger partial charge in [0.25, 0.3) is 0 Å². The minimum atomic E-state index is -0.758. The van der Waals surface area contributed by atoms with Crippen LogP contribution in [-0.2, 0) is 16.0 Å². The number of nitrogens with two attached hydrogens (primary N) is 1. The lowest BCUT2D eigenvalue weighted by molar-refractivity contribution is -0.126. The molecule has 1 aliphatic rings. The molecule has 5 heteroatoms. The molecule has 1 aliphatic heterocycles. The fourth-order valence-corrected chi connectivity index (χ4v) is 2.66. The first-order chi connectivity index (χ1) is 9.05. The number of ketones is 1. The predicted octanol–water partition coefficient (Wildman–Crippen LogP) is 2.08. The van der Waals surface area contributed by atoms with Crippen molar-refractivity contribution in [3.63, 3.8) is 0 Å².